The summed E-state index contributed by atoms with van der Waals surface area (Å²) >= 11 is 2.05. The van der Waals surface area contributed by atoms with E-state index in [4.69, 9.17) is 0 Å². The Kier molecular flexibility index (Phi) is 58.5. The van der Waals surface area contributed by atoms with Gasteiger partial charge < -0.3 is 5.53 Å². The third-order valence-electron chi connectivity index (χ3n) is 19.1. The molecule has 0 saturated heterocycles. The predicted octanol–water partition coefficient (Wildman–Crippen LogP) is 30.6. The van der Waals surface area contributed by atoms with Crippen LogP contribution in [0.15, 0.2) is 59.7 Å². The molecular formula is C84H150N2Ni. The van der Waals surface area contributed by atoms with Crippen LogP contribution in [0.3, 0.4) is 0 Å². The van der Waals surface area contributed by atoms with Crippen molar-refractivity contribution in [1.82, 2.24) is 0 Å². The SMILES string of the molecule is CCCCCC1=C(c2cccc(CCCC)c2)[N+](=[N-])C(c2cccc(CCCC)c2)=C1CCCCC.CCCCCCCCCCCCCCCCCCCCCCCC[CH2][Ni][CH2]CCCCCCCCCCCCCCCCCCCCCCCC. The van der Waals surface area contributed by atoms with E-state index in [2.05, 4.69) is 105 Å². The van der Waals surface area contributed by atoms with E-state index in [-0.39, 0.29) is 0 Å². The molecule has 0 amide bonds. The molecule has 0 spiro atoms. The molecule has 2 nitrogen and oxygen atoms in total. The van der Waals surface area contributed by atoms with Crippen LogP contribution in [0.2, 0.25) is 10.8 Å². The van der Waals surface area contributed by atoms with Crippen LogP contribution < -0.4 is 0 Å². The molecule has 87 heavy (non-hydrogen) atoms. The van der Waals surface area contributed by atoms with Crippen molar-refractivity contribution >= 4 is 11.4 Å². The van der Waals surface area contributed by atoms with Gasteiger partial charge in [0.25, 0.3) is 0 Å². The zero-order chi connectivity index (χ0) is 62.4. The molecule has 0 unspecified atom stereocenters. The Labute approximate surface area is 552 Å². The van der Waals surface area contributed by atoms with E-state index in [1.807, 2.05) is 0 Å². The molecule has 0 aromatic heterocycles. The van der Waals surface area contributed by atoms with E-state index < -0.39 is 0 Å². The number of nitrogens with zero attached hydrogens (tertiary/aromatic N) is 2. The number of hydrogen-bond acceptors (Lipinski definition) is 0. The smallest absolute Gasteiger partial charge is 0.0654 e. The maximum atomic E-state index is 11.9. The Morgan fingerprint density at radius 2 is 0.471 bits per heavy atom. The summed E-state index contributed by atoms with van der Waals surface area (Å²) in [7, 11) is 0. The first-order valence-corrected chi connectivity index (χ1v) is 41.0. The summed E-state index contributed by atoms with van der Waals surface area (Å²) < 4.78 is 1.56. The van der Waals surface area contributed by atoms with Crippen molar-refractivity contribution in [3.63, 3.8) is 0 Å². The molecule has 0 N–H and O–H groups in total. The molecule has 3 heteroatoms. The Morgan fingerprint density at radius 3 is 0.713 bits per heavy atom. The van der Waals surface area contributed by atoms with Gasteiger partial charge in [0.15, 0.2) is 0 Å². The Balaban J connectivity index is 0.000000626. The van der Waals surface area contributed by atoms with Crippen molar-refractivity contribution in [2.45, 2.75) is 438 Å². The van der Waals surface area contributed by atoms with Gasteiger partial charge in [-0.3, -0.25) is 0 Å². The standard InChI is InChI=1S/C34H48N2.2C25H51.Ni/c1-5-9-13-23-31-32(24-14-10-6-2)34(30-22-16-20-28(26-30)18-12-8-4)36(35)33(31)29-21-15-19-27(25-29)17-11-7-3;2*1-3-5-7-9-11-13-15-17-19-21-23-25-24-22-20-18-16-14-12-10-8-6-4-2;/h15-16,19-22,25-26H,5-14,17-18,23-24H2,1-4H3;2*1,3-25H2,2H3;. The van der Waals surface area contributed by atoms with E-state index in [1.54, 1.807) is 4.70 Å². The average molecular weight is 1250 g/mol. The van der Waals surface area contributed by atoms with Crippen LogP contribution >= 0.6 is 0 Å². The molecule has 1 aliphatic rings. The summed E-state index contributed by atoms with van der Waals surface area (Å²) in [6.07, 6.45) is 84.4. The first-order valence-electron chi connectivity index (χ1n) is 39.6. The van der Waals surface area contributed by atoms with Crippen LogP contribution in [-0.4, -0.2) is 4.70 Å². The van der Waals surface area contributed by atoms with Crippen molar-refractivity contribution in [2.24, 2.45) is 0 Å². The summed E-state index contributed by atoms with van der Waals surface area (Å²) in [5.41, 5.74) is 21.7. The molecule has 3 rings (SSSR count). The van der Waals surface area contributed by atoms with Gasteiger partial charge in [-0.05, 0) is 86.8 Å². The molecular weight excluding hydrogens is 1100 g/mol. The number of unbranched alkanes of at least 4 members (excludes halogenated alkanes) is 50. The van der Waals surface area contributed by atoms with Gasteiger partial charge in [0.1, 0.15) is 0 Å². The quantitative estimate of drug-likeness (QED) is 0.0358. The van der Waals surface area contributed by atoms with Gasteiger partial charge in [0, 0.05) is 22.3 Å². The molecule has 0 bridgehead atoms. The third-order valence-corrected chi connectivity index (χ3v) is 20.5. The monoisotopic (exact) mass is 1250 g/mol. The predicted molar refractivity (Wildman–Crippen MR) is 389 cm³/mol. The molecule has 0 fully saturated rings. The number of benzene rings is 2. The number of allylic oxidation sites excluding steroid dienone is 2. The van der Waals surface area contributed by atoms with Gasteiger partial charge in [0.2, 0.25) is 11.4 Å². The van der Waals surface area contributed by atoms with Gasteiger partial charge in [0.05, 0.1) is 0 Å². The summed E-state index contributed by atoms with van der Waals surface area (Å²) in [5, 5.41) is 2.87. The van der Waals surface area contributed by atoms with E-state index in [1.165, 1.54) is 393 Å². The van der Waals surface area contributed by atoms with Crippen molar-refractivity contribution in [3.05, 3.63) is 87.5 Å². The summed E-state index contributed by atoms with van der Waals surface area (Å²) in [6.45, 7) is 13.7. The fourth-order valence-electron chi connectivity index (χ4n) is 13.4. The Hall–Kier alpha value is -1.99. The second-order valence-corrected chi connectivity index (χ2v) is 29.0. The summed E-state index contributed by atoms with van der Waals surface area (Å²) in [4.78, 5) is 0. The van der Waals surface area contributed by atoms with E-state index in [0.29, 0.717) is 0 Å². The summed E-state index contributed by atoms with van der Waals surface area (Å²) in [6, 6.07) is 17.8. The number of aryl methyl sites for hydroxylation is 2. The van der Waals surface area contributed by atoms with Gasteiger partial charge in [-0.1, -0.05) is 258 Å². The average Bonchev–Trinajstić information content (AvgIpc) is 1.84. The van der Waals surface area contributed by atoms with Crippen LogP contribution in [0.25, 0.3) is 16.9 Å². The van der Waals surface area contributed by atoms with E-state index in [9.17, 15) is 5.53 Å². The zero-order valence-corrected chi connectivity index (χ0v) is 60.7. The van der Waals surface area contributed by atoms with Crippen LogP contribution in [0.1, 0.15) is 436 Å². The van der Waals surface area contributed by atoms with Crippen LogP contribution in [0, 0.1) is 0 Å². The number of hydrogen-bond donors (Lipinski definition) is 0. The molecule has 0 atom stereocenters. The van der Waals surface area contributed by atoms with Gasteiger partial charge in [-0.2, -0.15) is 0 Å². The molecule has 0 saturated carbocycles. The van der Waals surface area contributed by atoms with E-state index in [0.717, 1.165) is 48.2 Å². The van der Waals surface area contributed by atoms with Crippen LogP contribution in [0.5, 0.6) is 0 Å². The van der Waals surface area contributed by atoms with Gasteiger partial charge >= 0.3 is 166 Å². The second kappa shape index (κ2) is 62.8. The zero-order valence-electron chi connectivity index (χ0n) is 59.7. The first kappa shape index (κ1) is 81.1. The Morgan fingerprint density at radius 1 is 0.253 bits per heavy atom. The van der Waals surface area contributed by atoms with Crippen LogP contribution in [0.4, 0.5) is 0 Å². The van der Waals surface area contributed by atoms with E-state index >= 15 is 0 Å². The third kappa shape index (κ3) is 45.0. The Bertz CT molecular complexity index is 1740. The molecule has 506 valence electrons. The van der Waals surface area contributed by atoms with Gasteiger partial charge in [-0.15, -0.1) is 0 Å². The normalized spacial score (nSPS) is 12.6. The van der Waals surface area contributed by atoms with Crippen molar-refractivity contribution in [2.75, 3.05) is 0 Å². The van der Waals surface area contributed by atoms with Crippen molar-refractivity contribution < 1.29 is 19.1 Å². The molecule has 2 aromatic rings. The summed E-state index contributed by atoms with van der Waals surface area (Å²) in [5.74, 6) is 0. The first-order chi connectivity index (χ1) is 43.1. The minimum atomic E-state index is 1.02. The molecule has 2 aromatic carbocycles. The maximum absolute atomic E-state index is 11.9. The molecule has 0 radical (unpaired) electrons. The molecule has 1 aliphatic heterocycles. The molecule has 0 aliphatic carbocycles. The van der Waals surface area contributed by atoms with Crippen molar-refractivity contribution in [1.29, 1.82) is 0 Å². The van der Waals surface area contributed by atoms with Crippen LogP contribution in [-0.2, 0) is 27.3 Å². The topological polar surface area (TPSA) is 25.3 Å². The van der Waals surface area contributed by atoms with Crippen molar-refractivity contribution in [3.8, 4) is 0 Å². The minimum absolute atomic E-state index is 1.02. The van der Waals surface area contributed by atoms with Gasteiger partial charge in [-0.25, -0.2) is 4.70 Å². The fraction of sp³-hybridized carbons (Fsp3) is 0.810. The minimum Gasteiger partial charge on any atom is -0.0654 e. The fourth-order valence-corrected chi connectivity index (χ4v) is 14.6. The number of rotatable bonds is 64. The molecule has 1 heterocycles. The second-order valence-electron chi connectivity index (χ2n) is 27.5.